The van der Waals surface area contributed by atoms with E-state index < -0.39 is 0 Å². The molecule has 0 amide bonds. The largest absolute Gasteiger partial charge is 0.0776 e. The number of benzene rings is 2. The normalized spacial score (nSPS) is 9.40. The number of hydrogen-bond donors (Lipinski definition) is 0. The Morgan fingerprint density at radius 1 is 0.800 bits per heavy atom. The van der Waals surface area contributed by atoms with Crippen molar-refractivity contribution >= 4 is 0 Å². The van der Waals surface area contributed by atoms with Crippen LogP contribution in [0.15, 0.2) is 54.6 Å². The summed E-state index contributed by atoms with van der Waals surface area (Å²) in [6.45, 7) is 2.16. The van der Waals surface area contributed by atoms with Crippen molar-refractivity contribution in [2.75, 3.05) is 0 Å². The molecule has 0 N–H and O–H groups in total. The molecule has 0 atom stereocenters. The fraction of sp³-hybridized carbons (Fsp3) is 0.200. The Balaban J connectivity index is 0.00000112. The summed E-state index contributed by atoms with van der Waals surface area (Å²) in [5.74, 6) is 0. The number of rotatable bonds is 2. The van der Waals surface area contributed by atoms with Crippen LogP contribution in [0.5, 0.6) is 0 Å². The van der Waals surface area contributed by atoms with Crippen molar-refractivity contribution in [2.24, 2.45) is 0 Å². The lowest BCUT2D eigenvalue weighted by molar-refractivity contribution is 1.16. The zero-order valence-electron chi connectivity index (χ0n) is 8.40. The van der Waals surface area contributed by atoms with Crippen LogP contribution in [0, 0.1) is 6.92 Å². The predicted octanol–water partition coefficient (Wildman–Crippen LogP) is 4.22. The maximum atomic E-state index is 2.20. The van der Waals surface area contributed by atoms with Gasteiger partial charge in [-0.2, -0.15) is 0 Å². The van der Waals surface area contributed by atoms with E-state index in [4.69, 9.17) is 0 Å². The second-order valence-electron chi connectivity index (χ2n) is 3.59. The van der Waals surface area contributed by atoms with Gasteiger partial charge in [0.2, 0.25) is 0 Å². The van der Waals surface area contributed by atoms with Crippen molar-refractivity contribution < 1.29 is 0 Å². The lowest BCUT2D eigenvalue weighted by atomic mass is 10.0. The van der Waals surface area contributed by atoms with Crippen LogP contribution in [0.3, 0.4) is 0 Å². The van der Waals surface area contributed by atoms with Crippen LogP contribution in [0.1, 0.15) is 24.1 Å². The zero-order chi connectivity index (χ0) is 9.80. The first kappa shape index (κ1) is 11.5. The first-order chi connectivity index (χ1) is 6.86. The summed E-state index contributed by atoms with van der Waals surface area (Å²) in [5, 5.41) is 0. The molecule has 0 radical (unpaired) electrons. The second kappa shape index (κ2) is 5.35. The van der Waals surface area contributed by atoms with Gasteiger partial charge in [0.25, 0.3) is 0 Å². The van der Waals surface area contributed by atoms with Crippen molar-refractivity contribution in [3.63, 3.8) is 0 Å². The smallest absolute Gasteiger partial charge is 0.00232 e. The minimum atomic E-state index is 0. The van der Waals surface area contributed by atoms with Gasteiger partial charge in [0.15, 0.2) is 0 Å². The van der Waals surface area contributed by atoms with E-state index in [1.165, 1.54) is 16.7 Å². The molecule has 0 fully saturated rings. The molecule has 2 aromatic rings. The Bertz CT molecular complexity index is 401. The second-order valence-corrected chi connectivity index (χ2v) is 3.59. The third-order valence-electron chi connectivity index (χ3n) is 2.50. The average molecular weight is 198 g/mol. The van der Waals surface area contributed by atoms with Gasteiger partial charge in [-0.3, -0.25) is 0 Å². The molecule has 0 heterocycles. The van der Waals surface area contributed by atoms with E-state index in [1.807, 2.05) is 0 Å². The van der Waals surface area contributed by atoms with Gasteiger partial charge in [-0.25, -0.2) is 0 Å². The minimum absolute atomic E-state index is 0. The topological polar surface area (TPSA) is 0 Å². The lowest BCUT2D eigenvalue weighted by Crippen LogP contribution is -1.90. The van der Waals surface area contributed by atoms with Crippen LogP contribution in [-0.2, 0) is 6.42 Å². The van der Waals surface area contributed by atoms with Crippen LogP contribution in [0.2, 0.25) is 0 Å². The van der Waals surface area contributed by atoms with E-state index in [9.17, 15) is 0 Å². The monoisotopic (exact) mass is 198 g/mol. The third kappa shape index (κ3) is 2.95. The summed E-state index contributed by atoms with van der Waals surface area (Å²) in [6.07, 6.45) is 1.04. The van der Waals surface area contributed by atoms with E-state index in [0.717, 1.165) is 6.42 Å². The molecule has 0 nitrogen and oxygen atoms in total. The Morgan fingerprint density at radius 2 is 1.40 bits per heavy atom. The van der Waals surface area contributed by atoms with Gasteiger partial charge < -0.3 is 0 Å². The van der Waals surface area contributed by atoms with Crippen molar-refractivity contribution in [3.8, 4) is 0 Å². The van der Waals surface area contributed by atoms with Crippen molar-refractivity contribution in [1.82, 2.24) is 0 Å². The summed E-state index contributed by atoms with van der Waals surface area (Å²) in [5.41, 5.74) is 4.16. The number of hydrogen-bond acceptors (Lipinski definition) is 0. The first-order valence-corrected chi connectivity index (χ1v) is 4.95. The fourth-order valence-corrected chi connectivity index (χ4v) is 1.62. The molecule has 0 aliphatic carbocycles. The van der Waals surface area contributed by atoms with E-state index in [0.29, 0.717) is 0 Å². The molecule has 0 aliphatic heterocycles. The Hall–Kier alpha value is -1.56. The highest BCUT2D eigenvalue weighted by molar-refractivity contribution is 5.31. The van der Waals surface area contributed by atoms with Gasteiger partial charge >= 0.3 is 0 Å². The van der Waals surface area contributed by atoms with Gasteiger partial charge in [0, 0.05) is 0 Å². The Morgan fingerprint density at radius 3 is 2.07 bits per heavy atom. The van der Waals surface area contributed by atoms with Crippen LogP contribution >= 0.6 is 0 Å². The maximum absolute atomic E-state index is 2.20. The molecular formula is C15H18. The molecule has 0 aromatic heterocycles. The molecule has 2 rings (SSSR count). The molecule has 78 valence electrons. The molecule has 0 heteroatoms. The molecule has 0 bridgehead atoms. The summed E-state index contributed by atoms with van der Waals surface area (Å²) in [6, 6.07) is 19.1. The Kier molecular flexibility index (Phi) is 4.11. The summed E-state index contributed by atoms with van der Waals surface area (Å²) >= 11 is 0. The van der Waals surface area contributed by atoms with E-state index in [-0.39, 0.29) is 7.43 Å². The molecule has 0 aliphatic rings. The van der Waals surface area contributed by atoms with Gasteiger partial charge in [-0.1, -0.05) is 62.0 Å². The quantitative estimate of drug-likeness (QED) is 0.677. The molecule has 15 heavy (non-hydrogen) atoms. The molecule has 2 aromatic carbocycles. The third-order valence-corrected chi connectivity index (χ3v) is 2.50. The zero-order valence-corrected chi connectivity index (χ0v) is 8.40. The average Bonchev–Trinajstić information content (AvgIpc) is 2.23. The molecular weight excluding hydrogens is 180 g/mol. The van der Waals surface area contributed by atoms with Gasteiger partial charge in [0.1, 0.15) is 0 Å². The van der Waals surface area contributed by atoms with Crippen LogP contribution in [-0.4, -0.2) is 0 Å². The molecule has 0 saturated carbocycles. The van der Waals surface area contributed by atoms with E-state index >= 15 is 0 Å². The van der Waals surface area contributed by atoms with Crippen molar-refractivity contribution in [2.45, 2.75) is 20.8 Å². The molecule has 0 saturated heterocycles. The summed E-state index contributed by atoms with van der Waals surface area (Å²) < 4.78 is 0. The summed E-state index contributed by atoms with van der Waals surface area (Å²) in [7, 11) is 0. The van der Waals surface area contributed by atoms with Crippen molar-refractivity contribution in [1.29, 1.82) is 0 Å². The van der Waals surface area contributed by atoms with Crippen molar-refractivity contribution in [3.05, 3.63) is 71.3 Å². The van der Waals surface area contributed by atoms with Crippen LogP contribution in [0.25, 0.3) is 0 Å². The van der Waals surface area contributed by atoms with Gasteiger partial charge in [0.05, 0.1) is 0 Å². The predicted molar refractivity (Wildman–Crippen MR) is 67.2 cm³/mol. The van der Waals surface area contributed by atoms with Crippen LogP contribution in [0.4, 0.5) is 0 Å². The number of aryl methyl sites for hydroxylation is 1. The van der Waals surface area contributed by atoms with E-state index in [2.05, 4.69) is 61.5 Å². The summed E-state index contributed by atoms with van der Waals surface area (Å²) in [4.78, 5) is 0. The highest BCUT2D eigenvalue weighted by Gasteiger charge is 1.97. The first-order valence-electron chi connectivity index (χ1n) is 4.95. The SMILES string of the molecule is C.Cc1ccccc1Cc1ccccc1. The fourth-order valence-electron chi connectivity index (χ4n) is 1.62. The van der Waals surface area contributed by atoms with Crippen LogP contribution < -0.4 is 0 Å². The van der Waals surface area contributed by atoms with Gasteiger partial charge in [-0.05, 0) is 30.0 Å². The maximum Gasteiger partial charge on any atom is -0.00232 e. The Labute approximate surface area is 92.6 Å². The van der Waals surface area contributed by atoms with Gasteiger partial charge in [-0.15, -0.1) is 0 Å². The highest BCUT2D eigenvalue weighted by Crippen LogP contribution is 2.12. The van der Waals surface area contributed by atoms with E-state index in [1.54, 1.807) is 0 Å². The minimum Gasteiger partial charge on any atom is -0.0776 e. The highest BCUT2D eigenvalue weighted by atomic mass is 14.0. The molecule has 0 unspecified atom stereocenters. The lowest BCUT2D eigenvalue weighted by Gasteiger charge is -2.04. The molecule has 0 spiro atoms. The standard InChI is InChI=1S/C14H14.CH4/c1-12-7-5-6-10-14(12)11-13-8-3-2-4-9-13;/h2-10H,11H2,1H3;1H4.